The van der Waals surface area contributed by atoms with Gasteiger partial charge in [-0.15, -0.1) is 0 Å². The molecule has 0 bridgehead atoms. The van der Waals surface area contributed by atoms with Crippen molar-refractivity contribution in [2.75, 3.05) is 61.2 Å². The van der Waals surface area contributed by atoms with Crippen LogP contribution in [-0.2, 0) is 52.7 Å². The van der Waals surface area contributed by atoms with Crippen molar-refractivity contribution in [3.05, 3.63) is 29.8 Å². The number of carboxylic acids is 1. The van der Waals surface area contributed by atoms with Crippen LogP contribution < -0.4 is 27.0 Å². The highest BCUT2D eigenvalue weighted by molar-refractivity contribution is 6.03. The zero-order valence-electron chi connectivity index (χ0n) is 57.6. The number of hydrogen-bond donors (Lipinski definition) is 8. The third-order valence-corrected chi connectivity index (χ3v) is 16.4. The number of aromatic carboxylic acids is 1. The number of para-hydroxylation sites is 1. The van der Waals surface area contributed by atoms with Gasteiger partial charge in [0.05, 0.1) is 36.0 Å². The Morgan fingerprint density at radius 2 is 0.756 bits per heavy atom. The Bertz CT molecular complexity index is 2680. The maximum atomic E-state index is 15.0. The van der Waals surface area contributed by atoms with Gasteiger partial charge in [-0.05, 0) is 74.3 Å². The van der Waals surface area contributed by atoms with Gasteiger partial charge in [-0.3, -0.25) is 52.7 Å². The van der Waals surface area contributed by atoms with Crippen LogP contribution in [0, 0.1) is 41.4 Å². The lowest BCUT2D eigenvalue weighted by molar-refractivity contribution is -0.156. The number of nitrogens with two attached hydrogens (primary N) is 1. The van der Waals surface area contributed by atoms with Crippen molar-refractivity contribution in [2.24, 2.45) is 47.2 Å². The Hall–Kier alpha value is -7.26. The molecule has 27 nitrogen and oxygen atoms in total. The Morgan fingerprint density at radius 1 is 0.422 bits per heavy atom. The molecule has 0 heterocycles. The van der Waals surface area contributed by atoms with Crippen LogP contribution in [0.15, 0.2) is 24.3 Å². The zero-order chi connectivity index (χ0) is 70.2. The highest BCUT2D eigenvalue weighted by atomic mass is 16.4. The number of aliphatic hydroxyl groups is 2. The molecule has 13 atom stereocenters. The molecule has 0 saturated heterocycles. The maximum absolute atomic E-state index is 15.0. The van der Waals surface area contributed by atoms with E-state index in [2.05, 4.69) is 21.3 Å². The van der Waals surface area contributed by atoms with E-state index in [-0.39, 0.29) is 11.3 Å². The minimum absolute atomic E-state index is 0.0358. The fourth-order valence-electron chi connectivity index (χ4n) is 11.2. The van der Waals surface area contributed by atoms with E-state index in [0.717, 1.165) is 14.7 Å². The SMILES string of the molecule is CC[C@H](C)[C@H](NC(=O)[C@H](C(C)C)N(C)C(=O)[C@H](C(C)C)N(C)C(=O)[C@H](C(C)C)N(C)C(=O)[C@@H](NC(=O)[C@H](C(C)C)N(C)C(=O)[C@H]([C@H](C)O)N(C)C(=O)[C@@H](NC(=O)[C@H](C)N)[C@H](C)O)C(C)C)C(=O)N(C)[C@H](C(=O)N(C)CC(=O)Nc1ccccc1C(=O)O)C(C)C. The fraction of sp³-hybridized carbons (Fsp3) is 0.714. The molecule has 11 amide bonds. The third kappa shape index (κ3) is 20.6. The second-order valence-electron chi connectivity index (χ2n) is 26.0. The topological polar surface area (TPSA) is 362 Å². The first-order valence-electron chi connectivity index (χ1n) is 30.9. The van der Waals surface area contributed by atoms with E-state index >= 15 is 4.79 Å². The van der Waals surface area contributed by atoms with Gasteiger partial charge in [0.25, 0.3) is 0 Å². The number of benzene rings is 1. The van der Waals surface area contributed by atoms with E-state index in [9.17, 15) is 68.1 Å². The molecule has 0 saturated carbocycles. The molecule has 0 spiro atoms. The number of carboxylic acid groups (broad SMARTS) is 1. The van der Waals surface area contributed by atoms with Crippen molar-refractivity contribution in [1.29, 1.82) is 0 Å². The van der Waals surface area contributed by atoms with Crippen LogP contribution in [0.5, 0.6) is 0 Å². The molecule has 90 heavy (non-hydrogen) atoms. The molecule has 9 N–H and O–H groups in total. The number of likely N-dealkylation sites (N-methyl/N-ethyl adjacent to an activating group) is 7. The monoisotopic (exact) mass is 1270 g/mol. The van der Waals surface area contributed by atoms with Gasteiger partial charge >= 0.3 is 5.97 Å². The van der Waals surface area contributed by atoms with Gasteiger partial charge in [0.2, 0.25) is 65.0 Å². The summed E-state index contributed by atoms with van der Waals surface area (Å²) >= 11 is 0. The molecule has 0 unspecified atom stereocenters. The summed E-state index contributed by atoms with van der Waals surface area (Å²) in [7, 11) is 9.56. The van der Waals surface area contributed by atoms with Crippen LogP contribution in [-0.4, -0.2) is 249 Å². The predicted octanol–water partition coefficient (Wildman–Crippen LogP) is 1.29. The minimum atomic E-state index is -1.62. The van der Waals surface area contributed by atoms with Crippen LogP contribution >= 0.6 is 0 Å². The number of aliphatic hydroxyl groups excluding tert-OH is 2. The summed E-state index contributed by atoms with van der Waals surface area (Å²) in [4.78, 5) is 176. The van der Waals surface area contributed by atoms with Gasteiger partial charge in [0.15, 0.2) is 0 Å². The molecule has 0 fully saturated rings. The summed E-state index contributed by atoms with van der Waals surface area (Å²) in [6, 6.07) is -7.00. The quantitative estimate of drug-likeness (QED) is 0.0492. The second-order valence-corrected chi connectivity index (χ2v) is 26.0. The van der Waals surface area contributed by atoms with Crippen LogP contribution in [0.3, 0.4) is 0 Å². The molecule has 510 valence electrons. The standard InChI is InChI=1S/C63H108N12O15/c1-25-37(14)45(57(83)72(21)49(34(8)9)59(85)69(18)30-43(78)65-42-29-27-26-28-41(42)63(89)90)67-55(81)48(33(6)7)70(19)60(86)51(36(12)13)74(23)61(87)50(35(10)11)73(22)56(82)44(31(2)3)66-54(80)47(32(4)5)71(20)62(88)52(40(17)77)75(24)58(84)46(39(16)76)68-53(79)38(15)64/h26-29,31-40,44-52,76-77H,25,30,64H2,1-24H3,(H,65,78)(H,66,80)(H,67,81)(H,68,79)(H,89,90)/t37-,38-,39-,40-,44-,45-,46-,47-,48-,49-,50-,51-,52-/m0/s1. The number of carbonyl (C=O) groups is 12. The molecular formula is C63H108N12O15. The summed E-state index contributed by atoms with van der Waals surface area (Å²) in [6.45, 7) is 27.4. The van der Waals surface area contributed by atoms with Gasteiger partial charge in [0.1, 0.15) is 54.4 Å². The maximum Gasteiger partial charge on any atom is 0.337 e. The highest BCUT2D eigenvalue weighted by Crippen LogP contribution is 2.25. The molecule has 0 radical (unpaired) electrons. The Labute approximate surface area is 532 Å². The van der Waals surface area contributed by atoms with Gasteiger partial charge in [-0.25, -0.2) is 4.79 Å². The highest BCUT2D eigenvalue weighted by Gasteiger charge is 2.46. The van der Waals surface area contributed by atoms with Gasteiger partial charge < -0.3 is 76.6 Å². The average Bonchev–Trinajstić information content (AvgIpc) is 1.01. The Kier molecular flexibility index (Phi) is 31.7. The molecule has 1 aromatic carbocycles. The summed E-state index contributed by atoms with van der Waals surface area (Å²) < 4.78 is 0. The summed E-state index contributed by atoms with van der Waals surface area (Å²) in [5.74, 6) is -13.1. The lowest BCUT2D eigenvalue weighted by Gasteiger charge is -2.42. The first-order chi connectivity index (χ1) is 41.4. The largest absolute Gasteiger partial charge is 0.478 e. The number of carbonyl (C=O) groups excluding carboxylic acids is 11. The zero-order valence-corrected chi connectivity index (χ0v) is 57.6. The molecule has 0 aliphatic heterocycles. The number of nitrogens with zero attached hydrogens (tertiary/aromatic N) is 7. The summed E-state index contributed by atoms with van der Waals surface area (Å²) in [5.41, 5.74) is 5.56. The van der Waals surface area contributed by atoms with E-state index in [1.54, 1.807) is 96.1 Å². The molecule has 0 aliphatic carbocycles. The van der Waals surface area contributed by atoms with Gasteiger partial charge in [-0.1, -0.05) is 115 Å². The number of amides is 11. The lowest BCUT2D eigenvalue weighted by atomic mass is 9.93. The van der Waals surface area contributed by atoms with Crippen LogP contribution in [0.4, 0.5) is 5.69 Å². The minimum Gasteiger partial charge on any atom is -0.478 e. The molecule has 0 aromatic heterocycles. The normalized spacial score (nSPS) is 16.0. The van der Waals surface area contributed by atoms with Crippen molar-refractivity contribution in [3.63, 3.8) is 0 Å². The predicted molar refractivity (Wildman–Crippen MR) is 340 cm³/mol. The number of rotatable bonds is 33. The number of hydrogen-bond acceptors (Lipinski definition) is 15. The molecular weight excluding hydrogens is 1160 g/mol. The smallest absolute Gasteiger partial charge is 0.337 e. The van der Waals surface area contributed by atoms with E-state index < -0.39 is 192 Å². The van der Waals surface area contributed by atoms with Crippen LogP contribution in [0.2, 0.25) is 0 Å². The lowest BCUT2D eigenvalue weighted by Crippen LogP contribution is -2.64. The molecule has 1 aromatic rings. The van der Waals surface area contributed by atoms with E-state index in [1.165, 1.54) is 108 Å². The Morgan fingerprint density at radius 3 is 1.12 bits per heavy atom. The van der Waals surface area contributed by atoms with E-state index in [0.29, 0.717) is 6.42 Å². The molecule has 27 heteroatoms. The van der Waals surface area contributed by atoms with Crippen molar-refractivity contribution in [3.8, 4) is 0 Å². The fourth-order valence-corrected chi connectivity index (χ4v) is 11.2. The van der Waals surface area contributed by atoms with Crippen molar-refractivity contribution in [1.82, 2.24) is 50.2 Å². The number of nitrogens with one attached hydrogen (secondary N) is 4. The number of anilines is 1. The van der Waals surface area contributed by atoms with Crippen LogP contribution in [0.25, 0.3) is 0 Å². The van der Waals surface area contributed by atoms with Gasteiger partial charge in [0, 0.05) is 49.3 Å². The van der Waals surface area contributed by atoms with Gasteiger partial charge in [-0.2, -0.15) is 0 Å². The van der Waals surface area contributed by atoms with Crippen LogP contribution in [0.1, 0.15) is 134 Å². The average molecular weight is 1270 g/mol. The summed E-state index contributed by atoms with van der Waals surface area (Å²) in [5, 5.41) is 41.6. The molecule has 0 aliphatic rings. The van der Waals surface area contributed by atoms with Crippen molar-refractivity contribution < 1.29 is 72.9 Å². The Balaban J connectivity index is 3.61. The third-order valence-electron chi connectivity index (χ3n) is 16.4. The second kappa shape index (κ2) is 35.4. The first-order valence-corrected chi connectivity index (χ1v) is 30.9. The van der Waals surface area contributed by atoms with E-state index in [4.69, 9.17) is 5.73 Å². The summed E-state index contributed by atoms with van der Waals surface area (Å²) in [6.07, 6.45) is -2.56. The first kappa shape index (κ1) is 80.8. The molecule has 1 rings (SSSR count). The van der Waals surface area contributed by atoms with Crippen molar-refractivity contribution >= 4 is 76.6 Å². The van der Waals surface area contributed by atoms with Crippen molar-refractivity contribution in [2.45, 2.75) is 197 Å². The van der Waals surface area contributed by atoms with E-state index in [1.807, 2.05) is 6.92 Å².